The smallest absolute Gasteiger partial charge is 0.250 e. The average Bonchev–Trinajstić information content (AvgIpc) is 2.04. The largest absolute Gasteiger partial charge is 0.319 e. The van der Waals surface area contributed by atoms with Crippen molar-refractivity contribution < 1.29 is 4.79 Å². The van der Waals surface area contributed by atoms with Crippen molar-refractivity contribution in [1.29, 1.82) is 0 Å². The summed E-state index contributed by atoms with van der Waals surface area (Å²) in [6.07, 6.45) is 4.34. The SMILES string of the molecule is CN1C=CN=CC([NH])C1=O. The molecule has 53 valence electrons. The lowest BCUT2D eigenvalue weighted by molar-refractivity contribution is -0.127. The van der Waals surface area contributed by atoms with Crippen LogP contribution in [0.4, 0.5) is 0 Å². The van der Waals surface area contributed by atoms with E-state index < -0.39 is 6.04 Å². The van der Waals surface area contributed by atoms with Crippen molar-refractivity contribution in [2.24, 2.45) is 4.99 Å². The van der Waals surface area contributed by atoms with Gasteiger partial charge in [0.1, 0.15) is 6.04 Å². The molecule has 0 bridgehead atoms. The van der Waals surface area contributed by atoms with Crippen LogP contribution in [-0.4, -0.2) is 30.1 Å². The minimum absolute atomic E-state index is 0.252. The number of amides is 1. The van der Waals surface area contributed by atoms with Gasteiger partial charge in [0, 0.05) is 25.7 Å². The van der Waals surface area contributed by atoms with Crippen LogP contribution in [0.3, 0.4) is 0 Å². The molecule has 1 amide bonds. The second-order valence-corrected chi connectivity index (χ2v) is 2.02. The van der Waals surface area contributed by atoms with E-state index in [1.165, 1.54) is 23.5 Å². The number of nitrogens with one attached hydrogen (secondary N) is 1. The second kappa shape index (κ2) is 2.62. The molecule has 0 aromatic rings. The molecule has 0 fully saturated rings. The van der Waals surface area contributed by atoms with Crippen LogP contribution in [0.15, 0.2) is 17.4 Å². The fourth-order valence-electron chi connectivity index (χ4n) is 0.631. The summed E-state index contributed by atoms with van der Waals surface area (Å²) in [7, 11) is 1.61. The molecular weight excluding hydrogens is 130 g/mol. The fraction of sp³-hybridized carbons (Fsp3) is 0.333. The Morgan fingerprint density at radius 3 is 3.20 bits per heavy atom. The van der Waals surface area contributed by atoms with Gasteiger partial charge in [-0.3, -0.25) is 9.79 Å². The van der Waals surface area contributed by atoms with Crippen LogP contribution in [0.25, 0.3) is 0 Å². The minimum atomic E-state index is -0.847. The Morgan fingerprint density at radius 1 is 1.80 bits per heavy atom. The fourth-order valence-corrected chi connectivity index (χ4v) is 0.631. The first-order valence-corrected chi connectivity index (χ1v) is 2.89. The zero-order chi connectivity index (χ0) is 7.56. The van der Waals surface area contributed by atoms with Gasteiger partial charge in [0.2, 0.25) is 5.91 Å². The van der Waals surface area contributed by atoms with Crippen molar-refractivity contribution in [3.63, 3.8) is 0 Å². The molecule has 4 heteroatoms. The molecule has 1 aliphatic heterocycles. The first-order valence-electron chi connectivity index (χ1n) is 2.89. The zero-order valence-electron chi connectivity index (χ0n) is 5.61. The Morgan fingerprint density at radius 2 is 2.50 bits per heavy atom. The quantitative estimate of drug-likeness (QED) is 0.451. The van der Waals surface area contributed by atoms with Crippen LogP contribution < -0.4 is 5.73 Å². The summed E-state index contributed by atoms with van der Waals surface area (Å²) in [5.74, 6) is -0.252. The van der Waals surface area contributed by atoms with Crippen LogP contribution in [0.1, 0.15) is 0 Å². The van der Waals surface area contributed by atoms with Gasteiger partial charge in [-0.25, -0.2) is 5.73 Å². The number of likely N-dealkylation sites (N-methyl/N-ethyl adjacent to an activating group) is 1. The highest BCUT2D eigenvalue weighted by Crippen LogP contribution is 1.95. The van der Waals surface area contributed by atoms with Crippen molar-refractivity contribution >= 4 is 12.1 Å². The van der Waals surface area contributed by atoms with Crippen LogP contribution in [0.2, 0.25) is 0 Å². The van der Waals surface area contributed by atoms with Crippen molar-refractivity contribution in [2.45, 2.75) is 6.04 Å². The van der Waals surface area contributed by atoms with Gasteiger partial charge in [-0.1, -0.05) is 0 Å². The van der Waals surface area contributed by atoms with E-state index in [1.807, 2.05) is 0 Å². The van der Waals surface area contributed by atoms with Gasteiger partial charge in [0.25, 0.3) is 0 Å². The summed E-state index contributed by atoms with van der Waals surface area (Å²) < 4.78 is 0. The predicted octanol–water partition coefficient (Wildman–Crippen LogP) is -0.348. The molecule has 4 nitrogen and oxygen atoms in total. The van der Waals surface area contributed by atoms with Gasteiger partial charge in [0.05, 0.1) is 0 Å². The number of hydrogen-bond donors (Lipinski definition) is 0. The normalized spacial score (nSPS) is 25.2. The lowest BCUT2D eigenvalue weighted by Crippen LogP contribution is -2.33. The third-order valence-corrected chi connectivity index (χ3v) is 1.23. The van der Waals surface area contributed by atoms with Crippen molar-refractivity contribution in [2.75, 3.05) is 7.05 Å². The van der Waals surface area contributed by atoms with Gasteiger partial charge in [-0.15, -0.1) is 0 Å². The minimum Gasteiger partial charge on any atom is -0.319 e. The van der Waals surface area contributed by atoms with E-state index in [0.29, 0.717) is 0 Å². The molecule has 1 unspecified atom stereocenters. The number of rotatable bonds is 0. The molecule has 1 rings (SSSR count). The number of aliphatic imine (C=N–C) groups is 1. The maximum absolute atomic E-state index is 10.9. The zero-order valence-corrected chi connectivity index (χ0v) is 5.61. The second-order valence-electron chi connectivity index (χ2n) is 2.02. The van der Waals surface area contributed by atoms with E-state index in [1.54, 1.807) is 7.05 Å². The highest BCUT2D eigenvalue weighted by Gasteiger charge is 2.15. The molecule has 0 saturated carbocycles. The van der Waals surface area contributed by atoms with E-state index in [9.17, 15) is 4.79 Å². The first kappa shape index (κ1) is 6.95. The summed E-state index contributed by atoms with van der Waals surface area (Å²) in [5.41, 5.74) is 7.17. The third kappa shape index (κ3) is 1.22. The number of carbonyl (C=O) groups excluding carboxylic acids is 1. The molecule has 1 atom stereocenters. The van der Waals surface area contributed by atoms with Crippen LogP contribution in [0.5, 0.6) is 0 Å². The summed E-state index contributed by atoms with van der Waals surface area (Å²) in [6.45, 7) is 0. The standard InChI is InChI=1S/C6H8N3O/c1-9-3-2-8-4-5(7)6(9)10/h2-5,7H,1H3. The van der Waals surface area contributed by atoms with Crippen LogP contribution in [0, 0.1) is 0 Å². The van der Waals surface area contributed by atoms with E-state index in [0.717, 1.165) is 0 Å². The van der Waals surface area contributed by atoms with E-state index in [-0.39, 0.29) is 5.91 Å². The molecule has 0 aliphatic carbocycles. The molecule has 10 heavy (non-hydrogen) atoms. The molecule has 1 N–H and O–H groups in total. The maximum Gasteiger partial charge on any atom is 0.250 e. The molecule has 1 heterocycles. The Hall–Kier alpha value is -1.16. The van der Waals surface area contributed by atoms with Crippen molar-refractivity contribution in [3.05, 3.63) is 12.4 Å². The van der Waals surface area contributed by atoms with Crippen LogP contribution in [-0.2, 0) is 4.79 Å². The number of nitrogens with zero attached hydrogens (tertiary/aromatic N) is 2. The Balaban J connectivity index is 2.79. The highest BCUT2D eigenvalue weighted by atomic mass is 16.2. The topological polar surface area (TPSA) is 56.5 Å². The van der Waals surface area contributed by atoms with Gasteiger partial charge < -0.3 is 4.90 Å². The molecule has 0 saturated heterocycles. The lowest BCUT2D eigenvalue weighted by atomic mass is 10.3. The number of carbonyl (C=O) groups is 1. The molecule has 0 spiro atoms. The van der Waals surface area contributed by atoms with Crippen molar-refractivity contribution in [3.8, 4) is 0 Å². The monoisotopic (exact) mass is 138 g/mol. The van der Waals surface area contributed by atoms with Gasteiger partial charge in [-0.2, -0.15) is 0 Å². The summed E-state index contributed by atoms with van der Waals surface area (Å²) in [5, 5.41) is 0. The number of hydrogen-bond acceptors (Lipinski definition) is 2. The van der Waals surface area contributed by atoms with Crippen LogP contribution >= 0.6 is 0 Å². The van der Waals surface area contributed by atoms with E-state index in [2.05, 4.69) is 4.99 Å². The molecule has 1 aliphatic rings. The summed E-state index contributed by atoms with van der Waals surface area (Å²) in [4.78, 5) is 16.0. The molecular formula is C6H8N3O. The summed E-state index contributed by atoms with van der Waals surface area (Å²) >= 11 is 0. The first-order chi connectivity index (χ1) is 4.72. The summed E-state index contributed by atoms with van der Waals surface area (Å²) in [6, 6.07) is -0.847. The van der Waals surface area contributed by atoms with Gasteiger partial charge >= 0.3 is 0 Å². The Kier molecular flexibility index (Phi) is 1.82. The molecule has 0 aromatic carbocycles. The highest BCUT2D eigenvalue weighted by molar-refractivity contribution is 5.98. The van der Waals surface area contributed by atoms with Gasteiger partial charge in [-0.05, 0) is 0 Å². The predicted molar refractivity (Wildman–Crippen MR) is 37.3 cm³/mol. The lowest BCUT2D eigenvalue weighted by Gasteiger charge is -2.10. The van der Waals surface area contributed by atoms with Gasteiger partial charge in [0.15, 0.2) is 0 Å². The molecule has 0 aromatic heterocycles. The van der Waals surface area contributed by atoms with E-state index in [4.69, 9.17) is 5.73 Å². The van der Waals surface area contributed by atoms with Crippen molar-refractivity contribution in [1.82, 2.24) is 10.6 Å². The molecule has 1 radical (unpaired) electrons. The maximum atomic E-state index is 10.9. The average molecular weight is 138 g/mol. The Bertz CT molecular complexity index is 177. The third-order valence-electron chi connectivity index (χ3n) is 1.23. The Labute approximate surface area is 59.0 Å². The van der Waals surface area contributed by atoms with E-state index >= 15 is 0 Å².